The number of imidazole rings is 1. The average Bonchev–Trinajstić information content (AvgIpc) is 3.17. The first kappa shape index (κ1) is 14.2. The van der Waals surface area contributed by atoms with Gasteiger partial charge in [-0.15, -0.1) is 0 Å². The molecule has 116 valence electrons. The second-order valence-electron chi connectivity index (χ2n) is 5.70. The Bertz CT molecular complexity index is 1080. The van der Waals surface area contributed by atoms with Crippen LogP contribution >= 0.6 is 0 Å². The van der Waals surface area contributed by atoms with E-state index < -0.39 is 0 Å². The highest BCUT2D eigenvalue weighted by molar-refractivity contribution is 5.82. The Kier molecular flexibility index (Phi) is 3.17. The molecule has 0 saturated heterocycles. The highest BCUT2D eigenvalue weighted by atomic mass is 15.3. The maximum atomic E-state index is 9.24. The van der Waals surface area contributed by atoms with Crippen LogP contribution in [0.2, 0.25) is 0 Å². The van der Waals surface area contributed by atoms with Crippen LogP contribution < -0.4 is 0 Å². The minimum atomic E-state index is 0.395. The molecule has 0 bridgehead atoms. The summed E-state index contributed by atoms with van der Waals surface area (Å²) >= 11 is 0. The van der Waals surface area contributed by atoms with Crippen molar-refractivity contribution in [2.24, 2.45) is 7.05 Å². The lowest BCUT2D eigenvalue weighted by Crippen LogP contribution is -1.99. The third-order valence-corrected chi connectivity index (χ3v) is 4.22. The summed E-state index contributed by atoms with van der Waals surface area (Å²) in [5, 5.41) is 13.6. The fourth-order valence-corrected chi connectivity index (χ4v) is 2.89. The van der Waals surface area contributed by atoms with Gasteiger partial charge in [0.15, 0.2) is 5.69 Å². The Morgan fingerprint density at radius 3 is 2.58 bits per heavy atom. The maximum absolute atomic E-state index is 9.24. The van der Waals surface area contributed by atoms with E-state index in [4.69, 9.17) is 0 Å². The molecule has 0 fully saturated rings. The molecule has 0 amide bonds. The summed E-state index contributed by atoms with van der Waals surface area (Å²) in [5.74, 6) is 0.969. The number of benzene rings is 2. The number of nitriles is 1. The first-order valence-electron chi connectivity index (χ1n) is 7.66. The summed E-state index contributed by atoms with van der Waals surface area (Å²) in [5.41, 5.74) is 5.20. The molecular formula is C19H15N5. The first-order chi connectivity index (χ1) is 11.7. The molecule has 2 aromatic heterocycles. The molecule has 0 aliphatic carbocycles. The van der Waals surface area contributed by atoms with Crippen molar-refractivity contribution in [1.29, 1.82) is 5.26 Å². The van der Waals surface area contributed by atoms with Crippen molar-refractivity contribution in [3.63, 3.8) is 0 Å². The van der Waals surface area contributed by atoms with Gasteiger partial charge in [-0.1, -0.05) is 24.3 Å². The molecule has 0 spiro atoms. The standard InChI is InChI=1S/C19H15N5/c1-13-21-17-10-14(8-9-18(17)23(13)2)19-11-15(12-20)22-24(19)16-6-4-3-5-7-16/h3-11H,1-2H3. The molecule has 0 aliphatic heterocycles. The fraction of sp³-hybridized carbons (Fsp3) is 0.105. The van der Waals surface area contributed by atoms with Crippen molar-refractivity contribution >= 4 is 11.0 Å². The van der Waals surface area contributed by atoms with Crippen LogP contribution in [0.5, 0.6) is 0 Å². The zero-order valence-corrected chi connectivity index (χ0v) is 13.4. The van der Waals surface area contributed by atoms with Crippen molar-refractivity contribution < 1.29 is 0 Å². The largest absolute Gasteiger partial charge is 0.331 e. The van der Waals surface area contributed by atoms with Crippen LogP contribution in [0.3, 0.4) is 0 Å². The van der Waals surface area contributed by atoms with Crippen LogP contribution in [-0.4, -0.2) is 19.3 Å². The van der Waals surface area contributed by atoms with Crippen LogP contribution in [0.15, 0.2) is 54.6 Å². The first-order valence-corrected chi connectivity index (χ1v) is 7.66. The minimum Gasteiger partial charge on any atom is -0.331 e. The number of hydrogen-bond donors (Lipinski definition) is 0. The predicted octanol–water partition coefficient (Wildman–Crippen LogP) is 3.61. The lowest BCUT2D eigenvalue weighted by Gasteiger charge is -2.07. The number of hydrogen-bond acceptors (Lipinski definition) is 3. The monoisotopic (exact) mass is 313 g/mol. The number of fused-ring (bicyclic) bond motifs is 1. The van der Waals surface area contributed by atoms with E-state index >= 15 is 0 Å². The third kappa shape index (κ3) is 2.17. The number of aryl methyl sites for hydroxylation is 2. The Hall–Kier alpha value is -3.39. The van der Waals surface area contributed by atoms with Gasteiger partial charge in [0, 0.05) is 18.7 Å². The highest BCUT2D eigenvalue weighted by Gasteiger charge is 2.13. The van der Waals surface area contributed by atoms with Crippen molar-refractivity contribution in [3.05, 3.63) is 66.1 Å². The van der Waals surface area contributed by atoms with Gasteiger partial charge in [-0.2, -0.15) is 10.4 Å². The van der Waals surface area contributed by atoms with E-state index in [9.17, 15) is 5.26 Å². The van der Waals surface area contributed by atoms with Gasteiger partial charge in [-0.25, -0.2) is 9.67 Å². The quantitative estimate of drug-likeness (QED) is 0.568. The third-order valence-electron chi connectivity index (χ3n) is 4.22. The SMILES string of the molecule is Cc1nc2cc(-c3cc(C#N)nn3-c3ccccc3)ccc2n1C. The highest BCUT2D eigenvalue weighted by Crippen LogP contribution is 2.27. The number of nitrogens with zero attached hydrogens (tertiary/aromatic N) is 5. The summed E-state index contributed by atoms with van der Waals surface area (Å²) in [6, 6.07) is 19.9. The fourth-order valence-electron chi connectivity index (χ4n) is 2.89. The molecule has 2 aromatic carbocycles. The number of aromatic nitrogens is 4. The molecule has 0 aliphatic rings. The summed E-state index contributed by atoms with van der Waals surface area (Å²) in [6.07, 6.45) is 0. The van der Waals surface area contributed by atoms with Gasteiger partial charge >= 0.3 is 0 Å². The van der Waals surface area contributed by atoms with Crippen molar-refractivity contribution in [1.82, 2.24) is 19.3 Å². The molecule has 5 heteroatoms. The normalized spacial score (nSPS) is 10.9. The molecule has 4 rings (SSSR count). The van der Waals surface area contributed by atoms with Gasteiger partial charge in [0.2, 0.25) is 0 Å². The van der Waals surface area contributed by atoms with Crippen LogP contribution in [0.25, 0.3) is 28.0 Å². The smallest absolute Gasteiger partial charge is 0.163 e. The second kappa shape index (κ2) is 5.36. The van der Waals surface area contributed by atoms with E-state index in [0.717, 1.165) is 33.8 Å². The summed E-state index contributed by atoms with van der Waals surface area (Å²) in [6.45, 7) is 1.99. The molecule has 4 aromatic rings. The molecule has 2 heterocycles. The predicted molar refractivity (Wildman–Crippen MR) is 92.7 cm³/mol. The topological polar surface area (TPSA) is 59.4 Å². The van der Waals surface area contributed by atoms with E-state index in [2.05, 4.69) is 26.8 Å². The Morgan fingerprint density at radius 2 is 1.83 bits per heavy atom. The van der Waals surface area contributed by atoms with E-state index in [1.165, 1.54) is 0 Å². The van der Waals surface area contributed by atoms with Crippen LogP contribution in [0.4, 0.5) is 0 Å². The van der Waals surface area contributed by atoms with Gasteiger partial charge in [-0.3, -0.25) is 0 Å². The summed E-state index contributed by atoms with van der Waals surface area (Å²) < 4.78 is 3.86. The number of rotatable bonds is 2. The van der Waals surface area contributed by atoms with Gasteiger partial charge < -0.3 is 4.57 Å². The van der Waals surface area contributed by atoms with Crippen LogP contribution in [0, 0.1) is 18.3 Å². The second-order valence-corrected chi connectivity index (χ2v) is 5.70. The Labute approximate surface area is 139 Å². The molecule has 0 unspecified atom stereocenters. The molecule has 24 heavy (non-hydrogen) atoms. The molecule has 0 radical (unpaired) electrons. The average molecular weight is 313 g/mol. The summed E-state index contributed by atoms with van der Waals surface area (Å²) in [4.78, 5) is 4.60. The van der Waals surface area contributed by atoms with Gasteiger partial charge in [-0.05, 0) is 31.2 Å². The van der Waals surface area contributed by atoms with Gasteiger partial charge in [0.05, 0.1) is 22.4 Å². The van der Waals surface area contributed by atoms with Crippen molar-refractivity contribution in [3.8, 4) is 23.0 Å². The van der Waals surface area contributed by atoms with E-state index in [0.29, 0.717) is 5.69 Å². The van der Waals surface area contributed by atoms with E-state index in [1.807, 2.05) is 62.5 Å². The van der Waals surface area contributed by atoms with Crippen molar-refractivity contribution in [2.75, 3.05) is 0 Å². The summed E-state index contributed by atoms with van der Waals surface area (Å²) in [7, 11) is 2.01. The maximum Gasteiger partial charge on any atom is 0.163 e. The van der Waals surface area contributed by atoms with Crippen molar-refractivity contribution in [2.45, 2.75) is 6.92 Å². The molecule has 5 nitrogen and oxygen atoms in total. The van der Waals surface area contributed by atoms with Gasteiger partial charge in [0.1, 0.15) is 11.9 Å². The molecule has 0 atom stereocenters. The zero-order valence-electron chi connectivity index (χ0n) is 13.4. The lowest BCUT2D eigenvalue weighted by molar-refractivity contribution is 0.880. The van der Waals surface area contributed by atoms with E-state index in [-0.39, 0.29) is 0 Å². The number of para-hydroxylation sites is 1. The minimum absolute atomic E-state index is 0.395. The van der Waals surface area contributed by atoms with Crippen LogP contribution in [0.1, 0.15) is 11.5 Å². The lowest BCUT2D eigenvalue weighted by atomic mass is 10.1. The molecule has 0 N–H and O–H groups in total. The zero-order chi connectivity index (χ0) is 16.7. The van der Waals surface area contributed by atoms with Gasteiger partial charge in [0.25, 0.3) is 0 Å². The van der Waals surface area contributed by atoms with Crippen LogP contribution in [-0.2, 0) is 7.05 Å². The molecule has 0 saturated carbocycles. The van der Waals surface area contributed by atoms with E-state index in [1.54, 1.807) is 4.68 Å². The Morgan fingerprint density at radius 1 is 1.04 bits per heavy atom. The Balaban J connectivity index is 1.93. The molecular weight excluding hydrogens is 298 g/mol.